The minimum atomic E-state index is 0.555. The molecule has 3 nitrogen and oxygen atoms in total. The highest BCUT2D eigenvalue weighted by molar-refractivity contribution is 7.80. The van der Waals surface area contributed by atoms with E-state index in [1.165, 1.54) is 32.1 Å². The summed E-state index contributed by atoms with van der Waals surface area (Å²) in [5.74, 6) is 0.733. The topological polar surface area (TPSA) is 33.3 Å². The fourth-order valence-electron chi connectivity index (χ4n) is 2.35. The van der Waals surface area contributed by atoms with Crippen molar-refractivity contribution in [2.45, 2.75) is 51.5 Å². The van der Waals surface area contributed by atoms with Crippen molar-refractivity contribution in [3.63, 3.8) is 0 Å². The molecule has 1 rings (SSSR count). The molecule has 0 spiro atoms. The molecule has 1 aliphatic carbocycles. The molecular formula is C13H26N2OS. The quantitative estimate of drug-likeness (QED) is 0.451. The first-order valence-corrected chi connectivity index (χ1v) is 7.18. The summed E-state index contributed by atoms with van der Waals surface area (Å²) in [5, 5.41) is 7.52. The lowest BCUT2D eigenvalue weighted by Crippen LogP contribution is -2.44. The maximum absolute atomic E-state index is 5.32. The molecule has 0 aromatic heterocycles. The van der Waals surface area contributed by atoms with Crippen LogP contribution >= 0.6 is 12.2 Å². The number of thiocarbonyl (C=S) groups is 1. The molecule has 2 atom stereocenters. The number of ether oxygens (including phenoxy) is 1. The van der Waals surface area contributed by atoms with Gasteiger partial charge in [-0.25, -0.2) is 0 Å². The Morgan fingerprint density at radius 1 is 1.29 bits per heavy atom. The van der Waals surface area contributed by atoms with Gasteiger partial charge in [-0.3, -0.25) is 0 Å². The predicted molar refractivity (Wildman–Crippen MR) is 76.3 cm³/mol. The molecule has 1 fully saturated rings. The molecule has 0 heterocycles. The second-order valence-corrected chi connectivity index (χ2v) is 5.38. The van der Waals surface area contributed by atoms with Crippen molar-refractivity contribution in [2.75, 3.05) is 20.3 Å². The molecule has 100 valence electrons. The summed E-state index contributed by atoms with van der Waals surface area (Å²) in [7, 11) is 1.73. The minimum Gasteiger partial charge on any atom is -0.385 e. The van der Waals surface area contributed by atoms with E-state index in [2.05, 4.69) is 17.6 Å². The lowest BCUT2D eigenvalue weighted by atomic mass is 9.97. The van der Waals surface area contributed by atoms with Crippen LogP contribution in [-0.4, -0.2) is 31.4 Å². The van der Waals surface area contributed by atoms with Gasteiger partial charge in [-0.2, -0.15) is 0 Å². The molecule has 2 N–H and O–H groups in total. The smallest absolute Gasteiger partial charge is 0.166 e. The average molecular weight is 258 g/mol. The molecule has 0 radical (unpaired) electrons. The Kier molecular flexibility index (Phi) is 7.53. The summed E-state index contributed by atoms with van der Waals surface area (Å²) >= 11 is 5.32. The Morgan fingerprint density at radius 2 is 2.06 bits per heavy atom. The van der Waals surface area contributed by atoms with Crippen LogP contribution < -0.4 is 10.6 Å². The van der Waals surface area contributed by atoms with Gasteiger partial charge in [-0.1, -0.05) is 26.2 Å². The van der Waals surface area contributed by atoms with E-state index in [1.807, 2.05) is 0 Å². The molecule has 17 heavy (non-hydrogen) atoms. The van der Waals surface area contributed by atoms with Crippen LogP contribution in [0, 0.1) is 5.92 Å². The van der Waals surface area contributed by atoms with Crippen LogP contribution in [0.4, 0.5) is 0 Å². The number of hydrogen-bond donors (Lipinski definition) is 2. The maximum Gasteiger partial charge on any atom is 0.166 e. The average Bonchev–Trinajstić information content (AvgIpc) is 2.51. The number of rotatable bonds is 5. The second kappa shape index (κ2) is 8.70. The summed E-state index contributed by atoms with van der Waals surface area (Å²) in [4.78, 5) is 0. The van der Waals surface area contributed by atoms with Crippen molar-refractivity contribution < 1.29 is 4.74 Å². The van der Waals surface area contributed by atoms with Gasteiger partial charge in [0.25, 0.3) is 0 Å². The zero-order valence-electron chi connectivity index (χ0n) is 11.1. The number of nitrogens with one attached hydrogen (secondary N) is 2. The van der Waals surface area contributed by atoms with Crippen LogP contribution in [0.3, 0.4) is 0 Å². The van der Waals surface area contributed by atoms with Crippen LogP contribution in [0.5, 0.6) is 0 Å². The first kappa shape index (κ1) is 14.7. The molecule has 0 aliphatic heterocycles. The van der Waals surface area contributed by atoms with Gasteiger partial charge in [0, 0.05) is 26.3 Å². The van der Waals surface area contributed by atoms with Crippen LogP contribution in [0.2, 0.25) is 0 Å². The third-order valence-electron chi connectivity index (χ3n) is 3.49. The predicted octanol–water partition coefficient (Wildman–Crippen LogP) is 2.46. The van der Waals surface area contributed by atoms with Gasteiger partial charge < -0.3 is 15.4 Å². The van der Waals surface area contributed by atoms with Crippen molar-refractivity contribution in [2.24, 2.45) is 5.92 Å². The Labute approximate surface area is 111 Å². The standard InChI is InChI=1S/C13H26N2OS/c1-11-7-4-3-5-8-12(11)15-13(17)14-9-6-10-16-2/h11-12H,3-10H2,1-2H3,(H2,14,15,17). The molecule has 0 aromatic rings. The van der Waals surface area contributed by atoms with Crippen LogP contribution in [-0.2, 0) is 4.74 Å². The number of methoxy groups -OCH3 is 1. The molecule has 2 unspecified atom stereocenters. The summed E-state index contributed by atoms with van der Waals surface area (Å²) in [6.07, 6.45) is 7.64. The van der Waals surface area contributed by atoms with E-state index in [4.69, 9.17) is 17.0 Å². The highest BCUT2D eigenvalue weighted by atomic mass is 32.1. The van der Waals surface area contributed by atoms with Crippen molar-refractivity contribution in [1.82, 2.24) is 10.6 Å². The third-order valence-corrected chi connectivity index (χ3v) is 3.75. The molecule has 0 amide bonds. The van der Waals surface area contributed by atoms with E-state index in [-0.39, 0.29) is 0 Å². The van der Waals surface area contributed by atoms with Crippen molar-refractivity contribution in [3.05, 3.63) is 0 Å². The van der Waals surface area contributed by atoms with Gasteiger partial charge in [-0.15, -0.1) is 0 Å². The second-order valence-electron chi connectivity index (χ2n) is 4.97. The summed E-state index contributed by atoms with van der Waals surface area (Å²) in [6, 6.07) is 0.555. The highest BCUT2D eigenvalue weighted by Gasteiger charge is 2.20. The molecule has 4 heteroatoms. The van der Waals surface area contributed by atoms with E-state index >= 15 is 0 Å². The monoisotopic (exact) mass is 258 g/mol. The van der Waals surface area contributed by atoms with Crippen molar-refractivity contribution in [3.8, 4) is 0 Å². The summed E-state index contributed by atoms with van der Waals surface area (Å²) in [6.45, 7) is 4.01. The molecular weight excluding hydrogens is 232 g/mol. The van der Waals surface area contributed by atoms with E-state index in [1.54, 1.807) is 7.11 Å². The Balaban J connectivity index is 2.19. The summed E-state index contributed by atoms with van der Waals surface area (Å²) in [5.41, 5.74) is 0. The van der Waals surface area contributed by atoms with E-state index in [0.717, 1.165) is 30.6 Å². The van der Waals surface area contributed by atoms with Crippen LogP contribution in [0.25, 0.3) is 0 Å². The van der Waals surface area contributed by atoms with Gasteiger partial charge >= 0.3 is 0 Å². The SMILES string of the molecule is COCCCNC(=S)NC1CCCCCC1C. The molecule has 0 saturated heterocycles. The van der Waals surface area contributed by atoms with Gasteiger partial charge in [0.2, 0.25) is 0 Å². The fourth-order valence-corrected chi connectivity index (χ4v) is 2.60. The summed E-state index contributed by atoms with van der Waals surface area (Å²) < 4.78 is 5.00. The zero-order valence-corrected chi connectivity index (χ0v) is 11.9. The van der Waals surface area contributed by atoms with E-state index in [9.17, 15) is 0 Å². The van der Waals surface area contributed by atoms with Gasteiger partial charge in [0.15, 0.2) is 5.11 Å². The zero-order chi connectivity index (χ0) is 12.5. The first-order chi connectivity index (χ1) is 8.24. The fraction of sp³-hybridized carbons (Fsp3) is 0.923. The normalized spacial score (nSPS) is 25.1. The Bertz CT molecular complexity index is 223. The van der Waals surface area contributed by atoms with Gasteiger partial charge in [-0.05, 0) is 37.4 Å². The lowest BCUT2D eigenvalue weighted by molar-refractivity contribution is 0.195. The maximum atomic E-state index is 5.32. The largest absolute Gasteiger partial charge is 0.385 e. The third kappa shape index (κ3) is 6.22. The van der Waals surface area contributed by atoms with Crippen molar-refractivity contribution >= 4 is 17.3 Å². The van der Waals surface area contributed by atoms with E-state index in [0.29, 0.717) is 6.04 Å². The van der Waals surface area contributed by atoms with Gasteiger partial charge in [0.1, 0.15) is 0 Å². The molecule has 0 bridgehead atoms. The Hall–Kier alpha value is -0.350. The first-order valence-electron chi connectivity index (χ1n) is 6.77. The van der Waals surface area contributed by atoms with Gasteiger partial charge in [0.05, 0.1) is 0 Å². The highest BCUT2D eigenvalue weighted by Crippen LogP contribution is 2.22. The molecule has 1 aliphatic rings. The number of hydrogen-bond acceptors (Lipinski definition) is 2. The Morgan fingerprint density at radius 3 is 2.82 bits per heavy atom. The molecule has 0 aromatic carbocycles. The lowest BCUT2D eigenvalue weighted by Gasteiger charge is -2.24. The van der Waals surface area contributed by atoms with E-state index < -0.39 is 0 Å². The minimum absolute atomic E-state index is 0.555. The molecule has 1 saturated carbocycles. The van der Waals surface area contributed by atoms with Crippen molar-refractivity contribution in [1.29, 1.82) is 0 Å². The van der Waals surface area contributed by atoms with Crippen LogP contribution in [0.15, 0.2) is 0 Å². The van der Waals surface area contributed by atoms with Crippen LogP contribution in [0.1, 0.15) is 45.4 Å².